The number of ether oxygens (including phenoxy) is 2. The van der Waals surface area contributed by atoms with Crippen LogP contribution in [-0.4, -0.2) is 12.8 Å². The molecule has 0 aromatic heterocycles. The van der Waals surface area contributed by atoms with E-state index in [1.54, 1.807) is 30.3 Å². The summed E-state index contributed by atoms with van der Waals surface area (Å²) in [6.07, 6.45) is 1.53. The van der Waals surface area contributed by atoms with E-state index in [2.05, 4.69) is 11.2 Å². The quantitative estimate of drug-likeness (QED) is 0.277. The fraction of sp³-hybridized carbons (Fsp3) is 0.167. The summed E-state index contributed by atoms with van der Waals surface area (Å²) in [7, 11) is 0. The maximum atomic E-state index is 9.13. The molecule has 158 valence electrons. The molecule has 31 heavy (non-hydrogen) atoms. The molecule has 0 aliphatic rings. The maximum Gasteiger partial charge on any atom is 0.180 e. The Morgan fingerprint density at radius 1 is 0.935 bits per heavy atom. The van der Waals surface area contributed by atoms with Crippen LogP contribution in [-0.2, 0) is 18.1 Å². The van der Waals surface area contributed by atoms with Crippen LogP contribution in [0.15, 0.2) is 65.8 Å². The third kappa shape index (κ3) is 6.14. The molecule has 0 atom stereocenters. The van der Waals surface area contributed by atoms with Crippen LogP contribution in [0, 0.1) is 11.3 Å². The summed E-state index contributed by atoms with van der Waals surface area (Å²) < 4.78 is 11.6. The largest absolute Gasteiger partial charge is 0.490 e. The third-order valence-electron chi connectivity index (χ3n) is 4.30. The average molecular weight is 455 g/mol. The molecule has 0 saturated carbocycles. The van der Waals surface area contributed by atoms with Gasteiger partial charge in [0.1, 0.15) is 13.2 Å². The highest BCUT2D eigenvalue weighted by atomic mass is 35.5. The maximum absolute atomic E-state index is 9.13. The van der Waals surface area contributed by atoms with Crippen molar-refractivity contribution in [2.45, 2.75) is 20.1 Å². The van der Waals surface area contributed by atoms with Crippen LogP contribution in [0.2, 0.25) is 10.0 Å². The van der Waals surface area contributed by atoms with E-state index < -0.39 is 0 Å². The van der Waals surface area contributed by atoms with Gasteiger partial charge < -0.3 is 14.3 Å². The minimum atomic E-state index is 0.186. The van der Waals surface area contributed by atoms with Gasteiger partial charge >= 0.3 is 0 Å². The second-order valence-corrected chi connectivity index (χ2v) is 7.23. The number of rotatable bonds is 9. The number of nitriles is 1. The molecule has 0 bridgehead atoms. The van der Waals surface area contributed by atoms with Gasteiger partial charge in [0, 0.05) is 21.7 Å². The molecule has 0 spiro atoms. The minimum Gasteiger partial charge on any atom is -0.490 e. The lowest BCUT2D eigenvalue weighted by atomic mass is 10.1. The fourth-order valence-corrected chi connectivity index (χ4v) is 3.25. The van der Waals surface area contributed by atoms with Gasteiger partial charge in [0.15, 0.2) is 11.5 Å². The standard InChI is InChI=1S/C24H20Cl2N2O3/c1-2-29-23-12-17(14-28-31-16-19-8-4-3-7-18(19)13-27)11-22(26)24(23)30-15-20-9-5-6-10-21(20)25/h3-12,14H,2,15-16H2,1H3/b28-14-. The summed E-state index contributed by atoms with van der Waals surface area (Å²) in [5.41, 5.74) is 2.85. The first kappa shape index (κ1) is 22.5. The van der Waals surface area contributed by atoms with Gasteiger partial charge in [-0.15, -0.1) is 0 Å². The lowest BCUT2D eigenvalue weighted by Gasteiger charge is -2.15. The third-order valence-corrected chi connectivity index (χ3v) is 4.95. The molecule has 0 radical (unpaired) electrons. The summed E-state index contributed by atoms with van der Waals surface area (Å²) in [4.78, 5) is 5.34. The van der Waals surface area contributed by atoms with Gasteiger partial charge in [-0.1, -0.05) is 64.8 Å². The molecule has 0 saturated heterocycles. The van der Waals surface area contributed by atoms with Crippen LogP contribution in [0.25, 0.3) is 0 Å². The smallest absolute Gasteiger partial charge is 0.180 e. The summed E-state index contributed by atoms with van der Waals surface area (Å²) in [6, 6.07) is 20.3. The Kier molecular flexibility index (Phi) is 8.17. The molecule has 0 fully saturated rings. The lowest BCUT2D eigenvalue weighted by molar-refractivity contribution is 0.132. The zero-order chi connectivity index (χ0) is 22.1. The number of halogens is 2. The van der Waals surface area contributed by atoms with Crippen LogP contribution < -0.4 is 9.47 Å². The summed E-state index contributed by atoms with van der Waals surface area (Å²) in [5, 5.41) is 14.1. The number of oxime groups is 1. The van der Waals surface area contributed by atoms with Gasteiger partial charge in [-0.3, -0.25) is 0 Å². The van der Waals surface area contributed by atoms with E-state index in [9.17, 15) is 0 Å². The zero-order valence-corrected chi connectivity index (χ0v) is 18.4. The predicted molar refractivity (Wildman–Crippen MR) is 122 cm³/mol. The molecule has 0 aliphatic heterocycles. The first-order valence-electron chi connectivity index (χ1n) is 9.58. The molecular formula is C24H20Cl2N2O3. The van der Waals surface area contributed by atoms with Crippen molar-refractivity contribution in [3.05, 3.63) is 93.0 Å². The van der Waals surface area contributed by atoms with E-state index >= 15 is 0 Å². The van der Waals surface area contributed by atoms with Crippen LogP contribution in [0.4, 0.5) is 0 Å². The molecule has 0 heterocycles. The average Bonchev–Trinajstić information content (AvgIpc) is 2.77. The number of hydrogen-bond acceptors (Lipinski definition) is 5. The van der Waals surface area contributed by atoms with Gasteiger partial charge in [0.25, 0.3) is 0 Å². The molecular weight excluding hydrogens is 435 g/mol. The van der Waals surface area contributed by atoms with Gasteiger partial charge in [0.2, 0.25) is 0 Å². The van der Waals surface area contributed by atoms with Gasteiger partial charge in [-0.2, -0.15) is 5.26 Å². The zero-order valence-electron chi connectivity index (χ0n) is 16.8. The molecule has 5 nitrogen and oxygen atoms in total. The van der Waals surface area contributed by atoms with Crippen LogP contribution in [0.5, 0.6) is 11.5 Å². The van der Waals surface area contributed by atoms with Gasteiger partial charge in [-0.05, 0) is 31.2 Å². The second kappa shape index (κ2) is 11.3. The Balaban J connectivity index is 1.71. The highest BCUT2D eigenvalue weighted by Gasteiger charge is 2.13. The Morgan fingerprint density at radius 3 is 2.42 bits per heavy atom. The summed E-state index contributed by atoms with van der Waals surface area (Å²) in [6.45, 7) is 2.77. The Labute approximate surface area is 191 Å². The van der Waals surface area contributed by atoms with Crippen molar-refractivity contribution < 1.29 is 14.3 Å². The Hall–Kier alpha value is -3.20. The van der Waals surface area contributed by atoms with Crippen molar-refractivity contribution in [1.29, 1.82) is 5.26 Å². The second-order valence-electron chi connectivity index (χ2n) is 6.42. The van der Waals surface area contributed by atoms with Gasteiger partial charge in [0.05, 0.1) is 29.5 Å². The highest BCUT2D eigenvalue weighted by Crippen LogP contribution is 2.37. The van der Waals surface area contributed by atoms with Crippen LogP contribution >= 0.6 is 23.2 Å². The van der Waals surface area contributed by atoms with E-state index in [1.807, 2.05) is 37.3 Å². The summed E-state index contributed by atoms with van der Waals surface area (Å²) >= 11 is 12.6. The van der Waals surface area contributed by atoms with E-state index in [1.165, 1.54) is 6.21 Å². The monoisotopic (exact) mass is 454 g/mol. The molecule has 7 heteroatoms. The van der Waals surface area contributed by atoms with Crippen molar-refractivity contribution in [3.63, 3.8) is 0 Å². The first-order chi connectivity index (χ1) is 15.1. The van der Waals surface area contributed by atoms with Crippen LogP contribution in [0.1, 0.15) is 29.2 Å². The molecule has 0 unspecified atom stereocenters. The fourth-order valence-electron chi connectivity index (χ4n) is 2.79. The SMILES string of the molecule is CCOc1cc(/C=N\OCc2ccccc2C#N)cc(Cl)c1OCc1ccccc1Cl. The predicted octanol–water partition coefficient (Wildman–Crippen LogP) is 6.39. The van der Waals surface area contributed by atoms with Gasteiger partial charge in [-0.25, -0.2) is 0 Å². The number of hydrogen-bond donors (Lipinski definition) is 0. The van der Waals surface area contributed by atoms with Crippen molar-refractivity contribution >= 4 is 29.4 Å². The minimum absolute atomic E-state index is 0.186. The lowest BCUT2D eigenvalue weighted by Crippen LogP contribution is -2.02. The van der Waals surface area contributed by atoms with Crippen molar-refractivity contribution in [2.24, 2.45) is 5.16 Å². The van der Waals surface area contributed by atoms with Crippen LogP contribution in [0.3, 0.4) is 0 Å². The Morgan fingerprint density at radius 2 is 1.68 bits per heavy atom. The first-order valence-corrected chi connectivity index (χ1v) is 10.3. The Bertz CT molecular complexity index is 1110. The van der Waals surface area contributed by atoms with Crippen molar-refractivity contribution in [3.8, 4) is 17.6 Å². The van der Waals surface area contributed by atoms with Crippen molar-refractivity contribution in [2.75, 3.05) is 6.61 Å². The molecule has 0 N–H and O–H groups in total. The molecule has 3 rings (SSSR count). The number of benzene rings is 3. The normalized spacial score (nSPS) is 10.6. The molecule has 0 amide bonds. The highest BCUT2D eigenvalue weighted by molar-refractivity contribution is 6.32. The topological polar surface area (TPSA) is 63.8 Å². The number of nitrogens with zero attached hydrogens (tertiary/aromatic N) is 2. The molecule has 3 aromatic carbocycles. The van der Waals surface area contributed by atoms with Crippen molar-refractivity contribution in [1.82, 2.24) is 0 Å². The van der Waals surface area contributed by atoms with E-state index in [0.29, 0.717) is 39.3 Å². The summed E-state index contributed by atoms with van der Waals surface area (Å²) in [5.74, 6) is 0.933. The molecule has 0 aliphatic carbocycles. The van der Waals surface area contributed by atoms with E-state index in [-0.39, 0.29) is 13.2 Å². The van der Waals surface area contributed by atoms with E-state index in [0.717, 1.165) is 11.1 Å². The van der Waals surface area contributed by atoms with E-state index in [4.69, 9.17) is 42.8 Å². The molecule has 3 aromatic rings.